The average Bonchev–Trinajstić information content (AvgIpc) is 3.41. The van der Waals surface area contributed by atoms with Gasteiger partial charge in [-0.25, -0.2) is 0 Å². The van der Waals surface area contributed by atoms with E-state index in [1.165, 1.54) is 4.57 Å². The maximum atomic E-state index is 12.5. The summed E-state index contributed by atoms with van der Waals surface area (Å²) in [6.07, 6.45) is 0. The van der Waals surface area contributed by atoms with Gasteiger partial charge < -0.3 is 9.42 Å². The van der Waals surface area contributed by atoms with E-state index in [-0.39, 0.29) is 17.3 Å². The van der Waals surface area contributed by atoms with Crippen molar-refractivity contribution < 1.29 is 9.32 Å². The van der Waals surface area contributed by atoms with E-state index >= 15 is 0 Å². The van der Waals surface area contributed by atoms with E-state index in [2.05, 4.69) is 15.0 Å². The molecule has 4 rings (SSSR count). The summed E-state index contributed by atoms with van der Waals surface area (Å²) >= 11 is 2.70. The number of hydrogen-bond donors (Lipinski definition) is 0. The third-order valence-electron chi connectivity index (χ3n) is 4.56. The van der Waals surface area contributed by atoms with Crippen molar-refractivity contribution in [3.8, 4) is 10.7 Å². The van der Waals surface area contributed by atoms with Crippen LogP contribution in [0.15, 0.2) is 32.2 Å². The molecule has 8 nitrogen and oxygen atoms in total. The number of piperazine rings is 1. The predicted octanol–water partition coefficient (Wildman–Crippen LogP) is 1.67. The zero-order chi connectivity index (χ0) is 18.8. The Morgan fingerprint density at radius 2 is 2.07 bits per heavy atom. The molecule has 0 saturated carbocycles. The van der Waals surface area contributed by atoms with Crippen molar-refractivity contribution in [1.29, 1.82) is 0 Å². The first kappa shape index (κ1) is 18.1. The molecule has 3 aromatic rings. The molecule has 0 N–H and O–H groups in total. The molecule has 0 atom stereocenters. The van der Waals surface area contributed by atoms with Crippen molar-refractivity contribution in [2.24, 2.45) is 0 Å². The molecule has 142 valence electrons. The highest BCUT2D eigenvalue weighted by Crippen LogP contribution is 2.21. The maximum Gasteiger partial charge on any atom is 0.307 e. The number of amides is 1. The minimum Gasteiger partial charge on any atom is -0.339 e. The molecule has 1 amide bonds. The third kappa shape index (κ3) is 4.02. The Balaban J connectivity index is 1.30. The van der Waals surface area contributed by atoms with Crippen LogP contribution in [0.3, 0.4) is 0 Å². The van der Waals surface area contributed by atoms with Crippen LogP contribution < -0.4 is 4.87 Å². The SMILES string of the molecule is Cc1csc(=O)n1CC(=O)N1CCN(Cc2nc(-c3cccs3)no2)CC1. The number of carbonyl (C=O) groups excluding carboxylic acids is 1. The second kappa shape index (κ2) is 7.75. The molecule has 0 radical (unpaired) electrons. The van der Waals surface area contributed by atoms with Crippen molar-refractivity contribution in [2.45, 2.75) is 20.0 Å². The molecule has 0 aromatic carbocycles. The molecule has 3 aromatic heterocycles. The number of aryl methyl sites for hydroxylation is 1. The average molecular weight is 406 g/mol. The molecule has 0 aliphatic carbocycles. The highest BCUT2D eigenvalue weighted by molar-refractivity contribution is 7.13. The molecular weight excluding hydrogens is 386 g/mol. The molecule has 1 saturated heterocycles. The summed E-state index contributed by atoms with van der Waals surface area (Å²) in [6.45, 7) is 5.26. The van der Waals surface area contributed by atoms with Gasteiger partial charge in [-0.2, -0.15) is 4.98 Å². The lowest BCUT2D eigenvalue weighted by Gasteiger charge is -2.34. The topological polar surface area (TPSA) is 84.5 Å². The Labute approximate surface area is 163 Å². The van der Waals surface area contributed by atoms with Gasteiger partial charge in [-0.15, -0.1) is 11.3 Å². The number of carbonyl (C=O) groups is 1. The number of aromatic nitrogens is 3. The first-order valence-corrected chi connectivity index (χ1v) is 10.4. The summed E-state index contributed by atoms with van der Waals surface area (Å²) in [4.78, 5) is 33.6. The highest BCUT2D eigenvalue weighted by Gasteiger charge is 2.23. The van der Waals surface area contributed by atoms with Crippen molar-refractivity contribution in [1.82, 2.24) is 24.5 Å². The fraction of sp³-hybridized carbons (Fsp3) is 0.412. The van der Waals surface area contributed by atoms with Gasteiger partial charge in [0.05, 0.1) is 11.4 Å². The van der Waals surface area contributed by atoms with Crippen molar-refractivity contribution in [3.05, 3.63) is 44.1 Å². The van der Waals surface area contributed by atoms with E-state index in [0.29, 0.717) is 31.3 Å². The summed E-state index contributed by atoms with van der Waals surface area (Å²) in [5, 5.41) is 7.79. The lowest BCUT2D eigenvalue weighted by atomic mass is 10.3. The van der Waals surface area contributed by atoms with Gasteiger partial charge in [0.2, 0.25) is 17.6 Å². The van der Waals surface area contributed by atoms with Crippen LogP contribution in [0.25, 0.3) is 10.7 Å². The van der Waals surface area contributed by atoms with Gasteiger partial charge in [0.1, 0.15) is 6.54 Å². The molecule has 1 aliphatic rings. The summed E-state index contributed by atoms with van der Waals surface area (Å²) in [6, 6.07) is 3.92. The molecule has 1 aliphatic heterocycles. The lowest BCUT2D eigenvalue weighted by Crippen LogP contribution is -2.49. The van der Waals surface area contributed by atoms with Crippen LogP contribution in [0.2, 0.25) is 0 Å². The normalized spacial score (nSPS) is 15.4. The van der Waals surface area contributed by atoms with Crippen molar-refractivity contribution in [2.75, 3.05) is 26.2 Å². The number of thiophene rings is 1. The van der Waals surface area contributed by atoms with Crippen LogP contribution in [0, 0.1) is 6.92 Å². The minimum atomic E-state index is -0.0857. The van der Waals surface area contributed by atoms with E-state index in [1.807, 2.05) is 29.3 Å². The molecule has 1 fully saturated rings. The molecule has 0 spiro atoms. The van der Waals surface area contributed by atoms with E-state index in [4.69, 9.17) is 4.52 Å². The summed E-state index contributed by atoms with van der Waals surface area (Å²) in [7, 11) is 0. The van der Waals surface area contributed by atoms with Crippen LogP contribution >= 0.6 is 22.7 Å². The fourth-order valence-corrected chi connectivity index (χ4v) is 4.39. The van der Waals surface area contributed by atoms with Crippen LogP contribution in [0.5, 0.6) is 0 Å². The lowest BCUT2D eigenvalue weighted by molar-refractivity contribution is -0.133. The molecule has 27 heavy (non-hydrogen) atoms. The van der Waals surface area contributed by atoms with Gasteiger partial charge >= 0.3 is 4.87 Å². The second-order valence-electron chi connectivity index (χ2n) is 6.38. The summed E-state index contributed by atoms with van der Waals surface area (Å²) in [5.74, 6) is 1.18. The summed E-state index contributed by atoms with van der Waals surface area (Å²) < 4.78 is 6.88. The van der Waals surface area contributed by atoms with E-state index < -0.39 is 0 Å². The van der Waals surface area contributed by atoms with Crippen LogP contribution in [-0.4, -0.2) is 56.6 Å². The van der Waals surface area contributed by atoms with Gasteiger partial charge in [-0.1, -0.05) is 22.6 Å². The molecule has 10 heteroatoms. The first-order chi connectivity index (χ1) is 13.1. The third-order valence-corrected chi connectivity index (χ3v) is 6.31. The molecular formula is C17H19N5O3S2. The number of nitrogens with zero attached hydrogens (tertiary/aromatic N) is 5. The highest BCUT2D eigenvalue weighted by atomic mass is 32.1. The second-order valence-corrected chi connectivity index (χ2v) is 8.14. The monoisotopic (exact) mass is 405 g/mol. The molecule has 4 heterocycles. The molecule has 0 bridgehead atoms. The first-order valence-electron chi connectivity index (χ1n) is 8.61. The van der Waals surface area contributed by atoms with Gasteiger partial charge in [-0.05, 0) is 18.4 Å². The Morgan fingerprint density at radius 1 is 1.26 bits per heavy atom. The molecule has 0 unspecified atom stereocenters. The van der Waals surface area contributed by atoms with Crippen LogP contribution in [-0.2, 0) is 17.9 Å². The summed E-state index contributed by atoms with van der Waals surface area (Å²) in [5.41, 5.74) is 0.829. The van der Waals surface area contributed by atoms with Gasteiger partial charge in [0.15, 0.2) is 0 Å². The standard InChI is InChI=1S/C17H19N5O3S2/c1-12-11-27-17(24)22(12)10-15(23)21-6-4-20(5-7-21)9-14-18-16(19-25-14)13-3-2-8-26-13/h2-3,8,11H,4-7,9-10H2,1H3. The Bertz CT molecular complexity index is 967. The minimum absolute atomic E-state index is 0.0176. The predicted molar refractivity (Wildman–Crippen MR) is 103 cm³/mol. The van der Waals surface area contributed by atoms with Crippen molar-refractivity contribution >= 4 is 28.6 Å². The van der Waals surface area contributed by atoms with E-state index in [0.717, 1.165) is 35.0 Å². The quantitative estimate of drug-likeness (QED) is 0.642. The zero-order valence-electron chi connectivity index (χ0n) is 14.8. The maximum absolute atomic E-state index is 12.5. The van der Waals surface area contributed by atoms with Gasteiger partial charge in [-0.3, -0.25) is 19.1 Å². The number of hydrogen-bond acceptors (Lipinski definition) is 8. The van der Waals surface area contributed by atoms with Crippen LogP contribution in [0.1, 0.15) is 11.6 Å². The van der Waals surface area contributed by atoms with E-state index in [1.54, 1.807) is 16.7 Å². The Hall–Kier alpha value is -2.30. The van der Waals surface area contributed by atoms with Crippen molar-refractivity contribution in [3.63, 3.8) is 0 Å². The van der Waals surface area contributed by atoms with E-state index in [9.17, 15) is 9.59 Å². The Morgan fingerprint density at radius 3 is 2.74 bits per heavy atom. The fourth-order valence-electron chi connectivity index (χ4n) is 3.00. The van der Waals surface area contributed by atoms with Crippen LogP contribution in [0.4, 0.5) is 0 Å². The Kier molecular flexibility index (Phi) is 5.19. The largest absolute Gasteiger partial charge is 0.339 e. The smallest absolute Gasteiger partial charge is 0.307 e. The zero-order valence-corrected chi connectivity index (χ0v) is 16.5. The van der Waals surface area contributed by atoms with Gasteiger partial charge in [0.25, 0.3) is 0 Å². The number of rotatable bonds is 5. The van der Waals surface area contributed by atoms with Gasteiger partial charge in [0, 0.05) is 37.3 Å². The number of thiazole rings is 1.